The van der Waals surface area contributed by atoms with E-state index in [1.54, 1.807) is 6.92 Å². The van der Waals surface area contributed by atoms with Gasteiger partial charge in [0.2, 0.25) is 0 Å². The summed E-state index contributed by atoms with van der Waals surface area (Å²) in [5.74, 6) is -0.369. The zero-order chi connectivity index (χ0) is 20.8. The Kier molecular flexibility index (Phi) is 6.85. The Labute approximate surface area is 180 Å². The normalized spacial score (nSPS) is 10.3. The standard InChI is InChI=1S/C22H23N3O2S2/c1-4-27-21(26)18-14-19(15-8-6-5-7-9-15)29-20(18)24-22(28)23-16-10-12-17(13-11-16)25(2)3/h5-14H,4H2,1-3H3,(H2,23,24,28). The largest absolute Gasteiger partial charge is 0.462 e. The number of esters is 1. The van der Waals surface area contributed by atoms with Gasteiger partial charge in [-0.2, -0.15) is 0 Å². The molecule has 0 bridgehead atoms. The van der Waals surface area contributed by atoms with E-state index in [0.717, 1.165) is 21.8 Å². The second kappa shape index (κ2) is 9.54. The molecule has 29 heavy (non-hydrogen) atoms. The van der Waals surface area contributed by atoms with Crippen molar-refractivity contribution in [3.05, 3.63) is 66.2 Å². The second-order valence-electron chi connectivity index (χ2n) is 6.46. The molecule has 0 amide bonds. The number of thiocarbonyl (C=S) groups is 1. The SMILES string of the molecule is CCOC(=O)c1cc(-c2ccccc2)sc1NC(=S)Nc1ccc(N(C)C)cc1. The van der Waals surface area contributed by atoms with Crippen LogP contribution in [-0.4, -0.2) is 31.8 Å². The molecule has 150 valence electrons. The van der Waals surface area contributed by atoms with Crippen LogP contribution < -0.4 is 15.5 Å². The zero-order valence-corrected chi connectivity index (χ0v) is 18.2. The third-order valence-corrected chi connectivity index (χ3v) is 5.46. The van der Waals surface area contributed by atoms with Crippen molar-refractivity contribution in [2.45, 2.75) is 6.92 Å². The van der Waals surface area contributed by atoms with E-state index in [9.17, 15) is 4.79 Å². The number of rotatable bonds is 6. The molecule has 3 rings (SSSR count). The number of carbonyl (C=O) groups is 1. The lowest BCUT2D eigenvalue weighted by Gasteiger charge is -2.14. The minimum Gasteiger partial charge on any atom is -0.462 e. The summed E-state index contributed by atoms with van der Waals surface area (Å²) in [6.45, 7) is 2.11. The molecule has 1 heterocycles. The summed E-state index contributed by atoms with van der Waals surface area (Å²) in [7, 11) is 3.99. The van der Waals surface area contributed by atoms with Gasteiger partial charge in [0.1, 0.15) is 5.00 Å². The van der Waals surface area contributed by atoms with Gasteiger partial charge in [-0.3, -0.25) is 0 Å². The number of nitrogens with one attached hydrogen (secondary N) is 2. The topological polar surface area (TPSA) is 53.6 Å². The molecule has 1 aromatic heterocycles. The van der Waals surface area contributed by atoms with Crippen molar-refractivity contribution in [3.8, 4) is 10.4 Å². The van der Waals surface area contributed by atoms with E-state index in [1.165, 1.54) is 11.3 Å². The van der Waals surface area contributed by atoms with Crippen LogP contribution in [0.5, 0.6) is 0 Å². The molecule has 0 atom stereocenters. The highest BCUT2D eigenvalue weighted by Gasteiger charge is 2.19. The van der Waals surface area contributed by atoms with Gasteiger partial charge in [0, 0.05) is 30.3 Å². The summed E-state index contributed by atoms with van der Waals surface area (Å²) < 4.78 is 5.21. The number of anilines is 3. The predicted octanol–water partition coefficient (Wildman–Crippen LogP) is 5.47. The molecular formula is C22H23N3O2S2. The van der Waals surface area contributed by atoms with E-state index in [1.807, 2.05) is 79.7 Å². The smallest absolute Gasteiger partial charge is 0.341 e. The van der Waals surface area contributed by atoms with Gasteiger partial charge in [-0.15, -0.1) is 11.3 Å². The summed E-state index contributed by atoms with van der Waals surface area (Å²) in [4.78, 5) is 15.4. The Morgan fingerprint density at radius 3 is 2.38 bits per heavy atom. The molecule has 0 radical (unpaired) electrons. The Morgan fingerprint density at radius 1 is 1.07 bits per heavy atom. The van der Waals surface area contributed by atoms with Crippen LogP contribution >= 0.6 is 23.6 Å². The minimum atomic E-state index is -0.369. The molecule has 0 fully saturated rings. The number of benzene rings is 2. The maximum Gasteiger partial charge on any atom is 0.341 e. The Bertz CT molecular complexity index is 983. The fraction of sp³-hybridized carbons (Fsp3) is 0.182. The fourth-order valence-corrected chi connectivity index (χ4v) is 4.04. The number of hydrogen-bond acceptors (Lipinski definition) is 5. The summed E-state index contributed by atoms with van der Waals surface area (Å²) in [6.07, 6.45) is 0. The summed E-state index contributed by atoms with van der Waals surface area (Å²) in [5.41, 5.74) is 3.48. The number of ether oxygens (including phenoxy) is 1. The first-order valence-electron chi connectivity index (χ1n) is 9.19. The van der Waals surface area contributed by atoms with Crippen molar-refractivity contribution < 1.29 is 9.53 Å². The van der Waals surface area contributed by atoms with Gasteiger partial charge in [-0.05, 0) is 55.0 Å². The molecule has 7 heteroatoms. The molecule has 0 aliphatic rings. The average Bonchev–Trinajstić information content (AvgIpc) is 3.13. The van der Waals surface area contributed by atoms with Crippen LogP contribution in [0.4, 0.5) is 16.4 Å². The maximum absolute atomic E-state index is 12.4. The van der Waals surface area contributed by atoms with Crippen molar-refractivity contribution in [2.24, 2.45) is 0 Å². The lowest BCUT2D eigenvalue weighted by Crippen LogP contribution is -2.20. The molecule has 2 aromatic carbocycles. The number of hydrogen-bond donors (Lipinski definition) is 2. The molecule has 0 spiro atoms. The van der Waals surface area contributed by atoms with E-state index in [2.05, 4.69) is 10.6 Å². The van der Waals surface area contributed by atoms with Crippen molar-refractivity contribution in [1.82, 2.24) is 0 Å². The van der Waals surface area contributed by atoms with E-state index >= 15 is 0 Å². The molecule has 0 aliphatic heterocycles. The van der Waals surface area contributed by atoms with Crippen LogP contribution in [0.1, 0.15) is 17.3 Å². The van der Waals surface area contributed by atoms with Crippen molar-refractivity contribution >= 4 is 51.0 Å². The highest BCUT2D eigenvalue weighted by Crippen LogP contribution is 2.36. The van der Waals surface area contributed by atoms with Crippen molar-refractivity contribution in [2.75, 3.05) is 36.2 Å². The van der Waals surface area contributed by atoms with E-state index in [0.29, 0.717) is 22.3 Å². The first-order valence-corrected chi connectivity index (χ1v) is 10.4. The summed E-state index contributed by atoms with van der Waals surface area (Å²) in [5, 5.41) is 7.38. The second-order valence-corrected chi connectivity index (χ2v) is 7.92. The van der Waals surface area contributed by atoms with E-state index < -0.39 is 0 Å². The van der Waals surface area contributed by atoms with Gasteiger partial charge in [0.15, 0.2) is 5.11 Å². The highest BCUT2D eigenvalue weighted by atomic mass is 32.1. The third-order valence-electron chi connectivity index (χ3n) is 4.15. The van der Waals surface area contributed by atoms with Gasteiger partial charge in [-0.25, -0.2) is 4.79 Å². The van der Waals surface area contributed by atoms with Gasteiger partial charge < -0.3 is 20.3 Å². The van der Waals surface area contributed by atoms with Crippen molar-refractivity contribution in [3.63, 3.8) is 0 Å². The van der Waals surface area contributed by atoms with Crippen LogP contribution in [0, 0.1) is 0 Å². The van der Waals surface area contributed by atoms with Gasteiger partial charge in [0.05, 0.1) is 12.2 Å². The predicted molar refractivity (Wildman–Crippen MR) is 126 cm³/mol. The van der Waals surface area contributed by atoms with Crippen LogP contribution in [0.15, 0.2) is 60.7 Å². The molecule has 0 saturated heterocycles. The first-order chi connectivity index (χ1) is 14.0. The first kappa shape index (κ1) is 20.8. The molecule has 3 aromatic rings. The van der Waals surface area contributed by atoms with Gasteiger partial charge >= 0.3 is 5.97 Å². The maximum atomic E-state index is 12.4. The van der Waals surface area contributed by atoms with Crippen LogP contribution in [0.3, 0.4) is 0 Å². The Balaban J connectivity index is 1.80. The minimum absolute atomic E-state index is 0.315. The zero-order valence-electron chi connectivity index (χ0n) is 16.6. The molecule has 0 saturated carbocycles. The van der Waals surface area contributed by atoms with Gasteiger partial charge in [0.25, 0.3) is 0 Å². The summed E-state index contributed by atoms with van der Waals surface area (Å²) >= 11 is 6.93. The lowest BCUT2D eigenvalue weighted by molar-refractivity contribution is 0.0528. The molecular weight excluding hydrogens is 402 g/mol. The Hall–Kier alpha value is -2.90. The quantitative estimate of drug-likeness (QED) is 0.404. The fourth-order valence-electron chi connectivity index (χ4n) is 2.70. The molecule has 2 N–H and O–H groups in total. The monoisotopic (exact) mass is 425 g/mol. The number of carbonyl (C=O) groups excluding carboxylic acids is 1. The van der Waals surface area contributed by atoms with Crippen LogP contribution in [0.25, 0.3) is 10.4 Å². The van der Waals surface area contributed by atoms with Crippen molar-refractivity contribution in [1.29, 1.82) is 0 Å². The average molecular weight is 426 g/mol. The highest BCUT2D eigenvalue weighted by molar-refractivity contribution is 7.80. The number of nitrogens with zero attached hydrogens (tertiary/aromatic N) is 1. The van der Waals surface area contributed by atoms with Gasteiger partial charge in [-0.1, -0.05) is 30.3 Å². The van der Waals surface area contributed by atoms with E-state index in [4.69, 9.17) is 17.0 Å². The van der Waals surface area contributed by atoms with E-state index in [-0.39, 0.29) is 5.97 Å². The number of thiophene rings is 1. The third kappa shape index (κ3) is 5.34. The van der Waals surface area contributed by atoms with Crippen LogP contribution in [-0.2, 0) is 4.74 Å². The molecule has 5 nitrogen and oxygen atoms in total. The molecule has 0 aliphatic carbocycles. The summed E-state index contributed by atoms with van der Waals surface area (Å²) in [6, 6.07) is 19.7. The lowest BCUT2D eigenvalue weighted by atomic mass is 10.1. The Morgan fingerprint density at radius 2 is 1.76 bits per heavy atom. The van der Waals surface area contributed by atoms with Crippen LogP contribution in [0.2, 0.25) is 0 Å². The molecule has 0 unspecified atom stereocenters.